The van der Waals surface area contributed by atoms with Crippen molar-refractivity contribution in [3.8, 4) is 5.75 Å². The number of hydrogen-bond acceptors (Lipinski definition) is 4. The summed E-state index contributed by atoms with van der Waals surface area (Å²) in [5.74, 6) is 0.491. The van der Waals surface area contributed by atoms with Gasteiger partial charge >= 0.3 is 0 Å². The molecule has 0 radical (unpaired) electrons. The van der Waals surface area contributed by atoms with Gasteiger partial charge in [-0.3, -0.25) is 14.5 Å². The number of hydrogen-bond donors (Lipinski definition) is 2. The van der Waals surface area contributed by atoms with Crippen molar-refractivity contribution in [2.45, 2.75) is 26.4 Å². The van der Waals surface area contributed by atoms with Crippen LogP contribution < -0.4 is 15.4 Å². The van der Waals surface area contributed by atoms with Crippen molar-refractivity contribution in [2.75, 3.05) is 26.0 Å². The van der Waals surface area contributed by atoms with Crippen molar-refractivity contribution in [2.24, 2.45) is 0 Å². The Bertz CT molecular complexity index is 757. The summed E-state index contributed by atoms with van der Waals surface area (Å²) in [4.78, 5) is 26.2. The average molecular weight is 369 g/mol. The minimum Gasteiger partial charge on any atom is -0.497 e. The summed E-state index contributed by atoms with van der Waals surface area (Å²) >= 11 is 0. The van der Waals surface area contributed by atoms with E-state index in [2.05, 4.69) is 10.6 Å². The molecular formula is C21H27N3O3. The number of amides is 2. The molecule has 144 valence electrons. The van der Waals surface area contributed by atoms with Crippen molar-refractivity contribution in [3.63, 3.8) is 0 Å². The van der Waals surface area contributed by atoms with Gasteiger partial charge in [0.1, 0.15) is 5.75 Å². The third kappa shape index (κ3) is 6.42. The summed E-state index contributed by atoms with van der Waals surface area (Å²) in [5.41, 5.74) is 2.86. The summed E-state index contributed by atoms with van der Waals surface area (Å²) in [5, 5.41) is 5.73. The maximum absolute atomic E-state index is 12.3. The highest BCUT2D eigenvalue weighted by atomic mass is 16.5. The van der Waals surface area contributed by atoms with E-state index in [1.807, 2.05) is 55.5 Å². The zero-order valence-electron chi connectivity index (χ0n) is 16.3. The van der Waals surface area contributed by atoms with E-state index in [0.29, 0.717) is 6.54 Å². The molecule has 6 heteroatoms. The van der Waals surface area contributed by atoms with Crippen LogP contribution >= 0.6 is 0 Å². The number of benzene rings is 2. The van der Waals surface area contributed by atoms with Gasteiger partial charge in [0.15, 0.2) is 0 Å². The number of ether oxygens (including phenoxy) is 1. The normalized spacial score (nSPS) is 11.7. The van der Waals surface area contributed by atoms with Crippen molar-refractivity contribution in [1.29, 1.82) is 0 Å². The van der Waals surface area contributed by atoms with Gasteiger partial charge in [0.25, 0.3) is 0 Å². The number of carbonyl (C=O) groups excluding carboxylic acids is 2. The molecule has 0 heterocycles. The molecule has 0 aliphatic rings. The Balaban J connectivity index is 1.80. The van der Waals surface area contributed by atoms with Gasteiger partial charge in [-0.1, -0.05) is 29.8 Å². The molecule has 0 aliphatic heterocycles. The van der Waals surface area contributed by atoms with E-state index in [-0.39, 0.29) is 18.4 Å². The predicted octanol–water partition coefficient (Wildman–Crippen LogP) is 2.58. The molecule has 2 rings (SSSR count). The van der Waals surface area contributed by atoms with E-state index in [1.54, 1.807) is 26.0 Å². The predicted molar refractivity (Wildman–Crippen MR) is 107 cm³/mol. The van der Waals surface area contributed by atoms with Crippen LogP contribution in [0.5, 0.6) is 5.75 Å². The molecule has 0 bridgehead atoms. The van der Waals surface area contributed by atoms with Gasteiger partial charge < -0.3 is 15.4 Å². The fourth-order valence-corrected chi connectivity index (χ4v) is 2.48. The first kappa shape index (κ1) is 20.5. The van der Waals surface area contributed by atoms with Gasteiger partial charge in [0.2, 0.25) is 11.8 Å². The van der Waals surface area contributed by atoms with E-state index in [1.165, 1.54) is 0 Å². The molecule has 0 aliphatic carbocycles. The number of carbonyl (C=O) groups is 2. The minimum atomic E-state index is -0.424. The third-order valence-corrected chi connectivity index (χ3v) is 4.39. The molecule has 2 amide bonds. The van der Waals surface area contributed by atoms with Gasteiger partial charge in [-0.05, 0) is 50.7 Å². The van der Waals surface area contributed by atoms with Crippen LogP contribution in [0.1, 0.15) is 18.1 Å². The molecule has 2 aromatic carbocycles. The van der Waals surface area contributed by atoms with Crippen molar-refractivity contribution >= 4 is 17.5 Å². The Morgan fingerprint density at radius 3 is 2.30 bits per heavy atom. The van der Waals surface area contributed by atoms with E-state index in [0.717, 1.165) is 22.6 Å². The lowest BCUT2D eigenvalue weighted by Gasteiger charge is -2.23. The fraction of sp³-hybridized carbons (Fsp3) is 0.333. The molecule has 2 aromatic rings. The summed E-state index contributed by atoms with van der Waals surface area (Å²) in [6.07, 6.45) is 0. The second-order valence-corrected chi connectivity index (χ2v) is 6.57. The molecule has 0 saturated carbocycles. The van der Waals surface area contributed by atoms with Crippen LogP contribution in [0.25, 0.3) is 0 Å². The summed E-state index contributed by atoms with van der Waals surface area (Å²) < 4.78 is 5.12. The monoisotopic (exact) mass is 369 g/mol. The van der Waals surface area contributed by atoms with Crippen molar-refractivity contribution in [1.82, 2.24) is 10.2 Å². The molecule has 0 saturated heterocycles. The van der Waals surface area contributed by atoms with Crippen LogP contribution in [0.3, 0.4) is 0 Å². The van der Waals surface area contributed by atoms with Crippen LogP contribution in [0.2, 0.25) is 0 Å². The first-order valence-corrected chi connectivity index (χ1v) is 8.86. The van der Waals surface area contributed by atoms with E-state index >= 15 is 0 Å². The quantitative estimate of drug-likeness (QED) is 0.750. The number of likely N-dealkylation sites (N-methyl/N-ethyl adjacent to an activating group) is 1. The molecule has 0 unspecified atom stereocenters. The van der Waals surface area contributed by atoms with Crippen LogP contribution in [0.15, 0.2) is 48.5 Å². The Labute approximate surface area is 160 Å². The molecule has 27 heavy (non-hydrogen) atoms. The van der Waals surface area contributed by atoms with E-state index in [4.69, 9.17) is 4.74 Å². The van der Waals surface area contributed by atoms with Crippen LogP contribution in [-0.4, -0.2) is 43.5 Å². The Hall–Kier alpha value is -2.86. The molecule has 6 nitrogen and oxygen atoms in total. The number of aryl methyl sites for hydroxylation is 1. The number of nitrogens with zero attached hydrogens (tertiary/aromatic N) is 1. The third-order valence-electron chi connectivity index (χ3n) is 4.39. The molecular weight excluding hydrogens is 342 g/mol. The van der Waals surface area contributed by atoms with Crippen molar-refractivity contribution in [3.05, 3.63) is 59.7 Å². The Kier molecular flexibility index (Phi) is 7.37. The van der Waals surface area contributed by atoms with Crippen molar-refractivity contribution < 1.29 is 14.3 Å². The fourth-order valence-electron chi connectivity index (χ4n) is 2.48. The smallest absolute Gasteiger partial charge is 0.238 e. The number of nitrogens with one attached hydrogen (secondary N) is 2. The lowest BCUT2D eigenvalue weighted by molar-refractivity contribution is -0.126. The molecule has 0 aromatic heterocycles. The SMILES string of the molecule is COc1ccc(CNC(=O)[C@H](C)N(C)CC(=O)Nc2ccc(C)cc2)cc1. The van der Waals surface area contributed by atoms with Crippen LogP contribution in [0.4, 0.5) is 5.69 Å². The topological polar surface area (TPSA) is 70.7 Å². The molecule has 1 atom stereocenters. The highest BCUT2D eigenvalue weighted by molar-refractivity contribution is 5.92. The van der Waals surface area contributed by atoms with Gasteiger partial charge in [0, 0.05) is 12.2 Å². The van der Waals surface area contributed by atoms with Crippen LogP contribution in [-0.2, 0) is 16.1 Å². The summed E-state index contributed by atoms with van der Waals surface area (Å²) in [6.45, 7) is 4.33. The van der Waals surface area contributed by atoms with E-state index < -0.39 is 6.04 Å². The van der Waals surface area contributed by atoms with Crippen LogP contribution in [0, 0.1) is 6.92 Å². The van der Waals surface area contributed by atoms with E-state index in [9.17, 15) is 9.59 Å². The average Bonchev–Trinajstić information content (AvgIpc) is 2.67. The number of anilines is 1. The summed E-state index contributed by atoms with van der Waals surface area (Å²) in [6, 6.07) is 14.7. The maximum atomic E-state index is 12.3. The highest BCUT2D eigenvalue weighted by Crippen LogP contribution is 2.11. The minimum absolute atomic E-state index is 0.128. The zero-order chi connectivity index (χ0) is 19.8. The maximum Gasteiger partial charge on any atom is 0.238 e. The largest absolute Gasteiger partial charge is 0.497 e. The number of methoxy groups -OCH3 is 1. The van der Waals surface area contributed by atoms with Gasteiger partial charge in [0.05, 0.1) is 19.7 Å². The first-order chi connectivity index (χ1) is 12.9. The second-order valence-electron chi connectivity index (χ2n) is 6.57. The Morgan fingerprint density at radius 2 is 1.70 bits per heavy atom. The van der Waals surface area contributed by atoms with Gasteiger partial charge in [-0.15, -0.1) is 0 Å². The lowest BCUT2D eigenvalue weighted by Crippen LogP contribution is -2.45. The van der Waals surface area contributed by atoms with Gasteiger partial charge in [-0.25, -0.2) is 0 Å². The lowest BCUT2D eigenvalue weighted by atomic mass is 10.2. The standard InChI is InChI=1S/C21H27N3O3/c1-15-5-9-18(10-6-15)23-20(25)14-24(3)16(2)21(26)22-13-17-7-11-19(27-4)12-8-17/h5-12,16H,13-14H2,1-4H3,(H,22,26)(H,23,25)/t16-/m0/s1. The first-order valence-electron chi connectivity index (χ1n) is 8.86. The Morgan fingerprint density at radius 1 is 1.07 bits per heavy atom. The molecule has 0 spiro atoms. The second kappa shape index (κ2) is 9.73. The number of rotatable bonds is 8. The summed E-state index contributed by atoms with van der Waals surface area (Å²) in [7, 11) is 3.37. The highest BCUT2D eigenvalue weighted by Gasteiger charge is 2.20. The molecule has 0 fully saturated rings. The van der Waals surface area contributed by atoms with Gasteiger partial charge in [-0.2, -0.15) is 0 Å². The molecule has 2 N–H and O–H groups in total. The zero-order valence-corrected chi connectivity index (χ0v) is 16.3.